The van der Waals surface area contributed by atoms with Gasteiger partial charge in [0.25, 0.3) is 0 Å². The molecule has 80 valence electrons. The molecule has 1 fully saturated rings. The van der Waals surface area contributed by atoms with Crippen molar-refractivity contribution in [1.82, 2.24) is 0 Å². The molecular weight excluding hydrogens is 279 g/mol. The molecule has 1 aliphatic rings. The molecule has 15 heavy (non-hydrogen) atoms. The molecule has 1 atom stereocenters. The van der Waals surface area contributed by atoms with E-state index in [1.165, 1.54) is 0 Å². The number of hydrogen-bond acceptors (Lipinski definition) is 2. The molecule has 1 aromatic rings. The van der Waals surface area contributed by atoms with Crippen LogP contribution in [-0.2, 0) is 4.74 Å². The van der Waals surface area contributed by atoms with E-state index in [4.69, 9.17) is 16.3 Å². The lowest BCUT2D eigenvalue weighted by Gasteiger charge is -2.08. The number of benzene rings is 1. The standard InChI is InChI=1S/C11H10BrClO2/c12-8-1-2-9(10(13)5-8)11(14)7-3-4-15-6-7/h1-2,5,7H,3-4,6H2. The summed E-state index contributed by atoms with van der Waals surface area (Å²) in [4.78, 5) is 12.0. The topological polar surface area (TPSA) is 26.3 Å². The Morgan fingerprint density at radius 3 is 2.93 bits per heavy atom. The predicted octanol–water partition coefficient (Wildman–Crippen LogP) is 3.32. The van der Waals surface area contributed by atoms with Crippen LogP contribution < -0.4 is 0 Å². The molecule has 0 aliphatic carbocycles. The van der Waals surface area contributed by atoms with Crippen LogP contribution in [0.3, 0.4) is 0 Å². The number of Topliss-reactive ketones (excluding diaryl/α,β-unsaturated/α-hetero) is 1. The zero-order chi connectivity index (χ0) is 10.8. The van der Waals surface area contributed by atoms with Crippen molar-refractivity contribution in [1.29, 1.82) is 0 Å². The van der Waals surface area contributed by atoms with Gasteiger partial charge < -0.3 is 4.74 Å². The van der Waals surface area contributed by atoms with Crippen molar-refractivity contribution < 1.29 is 9.53 Å². The molecule has 4 heteroatoms. The molecule has 0 aromatic heterocycles. The number of halogens is 2. The summed E-state index contributed by atoms with van der Waals surface area (Å²) < 4.78 is 6.07. The van der Waals surface area contributed by atoms with Crippen molar-refractivity contribution >= 4 is 33.3 Å². The van der Waals surface area contributed by atoms with Crippen LogP contribution in [-0.4, -0.2) is 19.0 Å². The molecule has 1 saturated heterocycles. The first kappa shape index (κ1) is 11.1. The average Bonchev–Trinajstić information content (AvgIpc) is 2.69. The third kappa shape index (κ3) is 2.41. The number of rotatable bonds is 2. The number of ketones is 1. The van der Waals surface area contributed by atoms with Crippen molar-refractivity contribution in [2.75, 3.05) is 13.2 Å². The van der Waals surface area contributed by atoms with Crippen molar-refractivity contribution in [2.45, 2.75) is 6.42 Å². The molecule has 0 saturated carbocycles. The molecule has 1 aliphatic heterocycles. The summed E-state index contributed by atoms with van der Waals surface area (Å²) in [5.74, 6) is 0.0636. The fraction of sp³-hybridized carbons (Fsp3) is 0.364. The minimum atomic E-state index is -0.0244. The van der Waals surface area contributed by atoms with Crippen LogP contribution in [0.1, 0.15) is 16.8 Å². The Morgan fingerprint density at radius 2 is 2.33 bits per heavy atom. The highest BCUT2D eigenvalue weighted by Crippen LogP contribution is 2.26. The Hall–Kier alpha value is -0.380. The van der Waals surface area contributed by atoms with Gasteiger partial charge >= 0.3 is 0 Å². The van der Waals surface area contributed by atoms with Gasteiger partial charge in [0.05, 0.1) is 11.6 Å². The molecule has 1 aromatic carbocycles. The summed E-state index contributed by atoms with van der Waals surface area (Å²) in [6.45, 7) is 1.19. The molecule has 2 nitrogen and oxygen atoms in total. The second-order valence-corrected chi connectivity index (χ2v) is 4.87. The molecule has 0 bridgehead atoms. The summed E-state index contributed by atoms with van der Waals surface area (Å²) in [6, 6.07) is 5.33. The van der Waals surface area contributed by atoms with Gasteiger partial charge in [-0.3, -0.25) is 4.79 Å². The van der Waals surface area contributed by atoms with Gasteiger partial charge in [-0.2, -0.15) is 0 Å². The van der Waals surface area contributed by atoms with Crippen LogP contribution in [0.2, 0.25) is 5.02 Å². The number of carbonyl (C=O) groups is 1. The molecule has 1 unspecified atom stereocenters. The Kier molecular flexibility index (Phi) is 3.44. The second-order valence-electron chi connectivity index (χ2n) is 3.55. The second kappa shape index (κ2) is 4.64. The first-order chi connectivity index (χ1) is 7.18. The molecule has 0 spiro atoms. The largest absolute Gasteiger partial charge is 0.381 e. The highest BCUT2D eigenvalue weighted by molar-refractivity contribution is 9.10. The minimum absolute atomic E-state index is 0.0244. The monoisotopic (exact) mass is 288 g/mol. The molecule has 0 N–H and O–H groups in total. The van der Waals surface area contributed by atoms with Crippen LogP contribution in [0.4, 0.5) is 0 Å². The SMILES string of the molecule is O=C(c1ccc(Br)cc1Cl)C1CCOC1. The maximum absolute atomic E-state index is 12.0. The predicted molar refractivity (Wildman–Crippen MR) is 62.4 cm³/mol. The first-order valence-electron chi connectivity index (χ1n) is 4.75. The van der Waals surface area contributed by atoms with Crippen LogP contribution in [0.5, 0.6) is 0 Å². The summed E-state index contributed by atoms with van der Waals surface area (Å²) >= 11 is 9.32. The molecule has 0 radical (unpaired) electrons. The zero-order valence-corrected chi connectivity index (χ0v) is 10.3. The van der Waals surface area contributed by atoms with Gasteiger partial charge in [-0.1, -0.05) is 27.5 Å². The summed E-state index contributed by atoms with van der Waals surface area (Å²) in [7, 11) is 0. The first-order valence-corrected chi connectivity index (χ1v) is 5.92. The Balaban J connectivity index is 2.24. The van der Waals surface area contributed by atoms with E-state index in [9.17, 15) is 4.79 Å². The third-order valence-corrected chi connectivity index (χ3v) is 3.30. The van der Waals surface area contributed by atoms with E-state index in [2.05, 4.69) is 15.9 Å². The quantitative estimate of drug-likeness (QED) is 0.781. The fourth-order valence-electron chi connectivity index (χ4n) is 1.65. The van der Waals surface area contributed by atoms with Crippen LogP contribution in [0, 0.1) is 5.92 Å². The Labute approximate surface area is 102 Å². The van der Waals surface area contributed by atoms with Gasteiger partial charge in [0.1, 0.15) is 0 Å². The molecule has 0 amide bonds. The highest BCUT2D eigenvalue weighted by Gasteiger charge is 2.25. The lowest BCUT2D eigenvalue weighted by molar-refractivity contribution is 0.0900. The number of carbonyl (C=O) groups excluding carboxylic acids is 1. The van der Waals surface area contributed by atoms with E-state index in [1.807, 2.05) is 6.07 Å². The van der Waals surface area contributed by atoms with Gasteiger partial charge in [-0.05, 0) is 24.6 Å². The van der Waals surface area contributed by atoms with Crippen molar-refractivity contribution in [3.05, 3.63) is 33.3 Å². The summed E-state index contributed by atoms with van der Waals surface area (Å²) in [6.07, 6.45) is 0.797. The maximum atomic E-state index is 12.0. The Bertz CT molecular complexity index is 386. The van der Waals surface area contributed by atoms with Crippen molar-refractivity contribution in [3.63, 3.8) is 0 Å². The normalized spacial score (nSPS) is 20.5. The van der Waals surface area contributed by atoms with Gasteiger partial charge in [-0.15, -0.1) is 0 Å². The Morgan fingerprint density at radius 1 is 1.53 bits per heavy atom. The highest BCUT2D eigenvalue weighted by atomic mass is 79.9. The van der Waals surface area contributed by atoms with Crippen LogP contribution >= 0.6 is 27.5 Å². The van der Waals surface area contributed by atoms with Crippen LogP contribution in [0.15, 0.2) is 22.7 Å². The van der Waals surface area contributed by atoms with Gasteiger partial charge in [0.2, 0.25) is 0 Å². The molecular formula is C11H10BrClO2. The van der Waals surface area contributed by atoms with E-state index in [1.54, 1.807) is 12.1 Å². The van der Waals surface area contributed by atoms with Crippen LogP contribution in [0.25, 0.3) is 0 Å². The lowest BCUT2D eigenvalue weighted by Crippen LogP contribution is -2.14. The van der Waals surface area contributed by atoms with E-state index < -0.39 is 0 Å². The average molecular weight is 290 g/mol. The van der Waals surface area contributed by atoms with Crippen molar-refractivity contribution in [2.24, 2.45) is 5.92 Å². The minimum Gasteiger partial charge on any atom is -0.381 e. The molecule has 2 rings (SSSR count). The summed E-state index contributed by atoms with van der Waals surface area (Å²) in [5, 5.41) is 0.501. The van der Waals surface area contributed by atoms with Gasteiger partial charge in [-0.25, -0.2) is 0 Å². The molecule has 1 heterocycles. The van der Waals surface area contributed by atoms with E-state index in [0.717, 1.165) is 10.9 Å². The fourth-order valence-corrected chi connectivity index (χ4v) is 2.42. The number of ether oxygens (including phenoxy) is 1. The van der Waals surface area contributed by atoms with E-state index in [-0.39, 0.29) is 11.7 Å². The smallest absolute Gasteiger partial charge is 0.169 e. The zero-order valence-electron chi connectivity index (χ0n) is 8.00. The number of hydrogen-bond donors (Lipinski definition) is 0. The van der Waals surface area contributed by atoms with E-state index in [0.29, 0.717) is 23.8 Å². The van der Waals surface area contributed by atoms with Gasteiger partial charge in [0, 0.05) is 22.6 Å². The maximum Gasteiger partial charge on any atom is 0.169 e. The van der Waals surface area contributed by atoms with E-state index >= 15 is 0 Å². The lowest BCUT2D eigenvalue weighted by atomic mass is 9.97. The summed E-state index contributed by atoms with van der Waals surface area (Å²) in [5.41, 5.74) is 0.593. The van der Waals surface area contributed by atoms with Crippen molar-refractivity contribution in [3.8, 4) is 0 Å². The van der Waals surface area contributed by atoms with Gasteiger partial charge in [0.15, 0.2) is 5.78 Å². The third-order valence-electron chi connectivity index (χ3n) is 2.50.